The zero-order chi connectivity index (χ0) is 8.10. The topological polar surface area (TPSA) is 16.1 Å². The standard InChI is InChI=1S/C5H6N2S4/c8-10-7(11-9)5-3-1-2-4-6-5/h1-4,8-9H. The third-order valence-electron chi connectivity index (χ3n) is 0.985. The smallest absolute Gasteiger partial charge is 0.150 e. The molecule has 0 N–H and O–H groups in total. The summed E-state index contributed by atoms with van der Waals surface area (Å²) in [4.78, 5) is 4.11. The fourth-order valence-corrected chi connectivity index (χ4v) is 2.64. The van der Waals surface area contributed by atoms with Crippen LogP contribution in [-0.4, -0.2) is 4.98 Å². The molecule has 0 radical (unpaired) electrons. The molecule has 1 heterocycles. The Morgan fingerprint density at radius 1 is 1.27 bits per heavy atom. The maximum atomic E-state index is 4.11. The second-order valence-electron chi connectivity index (χ2n) is 1.61. The first kappa shape index (κ1) is 9.44. The molecule has 0 unspecified atom stereocenters. The van der Waals surface area contributed by atoms with Crippen molar-refractivity contribution < 1.29 is 0 Å². The first-order valence-electron chi connectivity index (χ1n) is 2.72. The molecular formula is C5H6N2S4. The minimum absolute atomic E-state index is 0.840. The summed E-state index contributed by atoms with van der Waals surface area (Å²) in [6.45, 7) is 0. The van der Waals surface area contributed by atoms with E-state index in [2.05, 4.69) is 28.3 Å². The fourth-order valence-electron chi connectivity index (χ4n) is 0.560. The molecule has 1 rings (SSSR count). The van der Waals surface area contributed by atoms with Crippen LogP contribution in [0.2, 0.25) is 0 Å². The molecule has 0 aliphatic carbocycles. The number of hydrogen-bond acceptors (Lipinski definition) is 6. The van der Waals surface area contributed by atoms with E-state index in [4.69, 9.17) is 0 Å². The Labute approximate surface area is 84.0 Å². The van der Waals surface area contributed by atoms with E-state index in [0.717, 1.165) is 5.82 Å². The minimum Gasteiger partial charge on any atom is -0.237 e. The molecule has 0 amide bonds. The van der Waals surface area contributed by atoms with Crippen molar-refractivity contribution in [3.8, 4) is 0 Å². The van der Waals surface area contributed by atoms with Gasteiger partial charge in [0.2, 0.25) is 0 Å². The van der Waals surface area contributed by atoms with Crippen LogP contribution in [0, 0.1) is 0 Å². The summed E-state index contributed by atoms with van der Waals surface area (Å²) in [5, 5.41) is 0. The highest BCUT2D eigenvalue weighted by atomic mass is 33.1. The van der Waals surface area contributed by atoms with Gasteiger partial charge in [-0.25, -0.2) is 8.69 Å². The maximum Gasteiger partial charge on any atom is 0.150 e. The van der Waals surface area contributed by atoms with Crippen LogP contribution in [0.25, 0.3) is 0 Å². The SMILES string of the molecule is SSN(SS)c1ccccn1. The lowest BCUT2D eigenvalue weighted by atomic mass is 10.5. The van der Waals surface area contributed by atoms with Crippen LogP contribution in [-0.2, 0) is 0 Å². The molecule has 0 aliphatic rings. The van der Waals surface area contributed by atoms with Crippen LogP contribution in [0.1, 0.15) is 0 Å². The highest BCUT2D eigenvalue weighted by Gasteiger charge is 2.03. The number of pyridine rings is 1. The third-order valence-corrected chi connectivity index (χ3v) is 3.75. The van der Waals surface area contributed by atoms with Gasteiger partial charge >= 0.3 is 0 Å². The van der Waals surface area contributed by atoms with Gasteiger partial charge in [0.25, 0.3) is 0 Å². The van der Waals surface area contributed by atoms with E-state index in [9.17, 15) is 0 Å². The van der Waals surface area contributed by atoms with E-state index in [1.54, 1.807) is 9.91 Å². The quantitative estimate of drug-likeness (QED) is 0.464. The molecule has 60 valence electrons. The van der Waals surface area contributed by atoms with Crippen LogP contribution < -0.4 is 3.71 Å². The van der Waals surface area contributed by atoms with E-state index in [1.807, 2.05) is 18.2 Å². The first-order chi connectivity index (χ1) is 5.38. The largest absolute Gasteiger partial charge is 0.237 e. The van der Waals surface area contributed by atoms with Gasteiger partial charge in [0.1, 0.15) is 5.82 Å². The molecule has 0 fully saturated rings. The Kier molecular flexibility index (Phi) is 4.36. The predicted octanol–water partition coefficient (Wildman–Crippen LogP) is 2.87. The molecule has 0 aromatic carbocycles. The number of thiol groups is 2. The van der Waals surface area contributed by atoms with Crippen molar-refractivity contribution >= 4 is 51.1 Å². The van der Waals surface area contributed by atoms with Crippen molar-refractivity contribution in [2.45, 2.75) is 0 Å². The Balaban J connectivity index is 2.74. The highest BCUT2D eigenvalue weighted by molar-refractivity contribution is 8.78. The van der Waals surface area contributed by atoms with Crippen LogP contribution in [0.3, 0.4) is 0 Å². The van der Waals surface area contributed by atoms with Crippen molar-refractivity contribution in [3.63, 3.8) is 0 Å². The van der Waals surface area contributed by atoms with Crippen LogP contribution in [0.4, 0.5) is 5.82 Å². The van der Waals surface area contributed by atoms with Crippen molar-refractivity contribution in [1.29, 1.82) is 0 Å². The average Bonchev–Trinajstić information content (AvgIpc) is 2.09. The number of aromatic nitrogens is 1. The molecule has 0 atom stereocenters. The molecule has 0 saturated heterocycles. The number of anilines is 1. The van der Waals surface area contributed by atoms with E-state index in [0.29, 0.717) is 0 Å². The minimum atomic E-state index is 0.840. The Morgan fingerprint density at radius 2 is 2.00 bits per heavy atom. The lowest BCUT2D eigenvalue weighted by Gasteiger charge is -2.13. The van der Waals surface area contributed by atoms with Gasteiger partial charge in [-0.2, -0.15) is 0 Å². The number of rotatable bonds is 3. The first-order valence-corrected chi connectivity index (χ1v) is 6.38. The van der Waals surface area contributed by atoms with Crippen molar-refractivity contribution in [2.75, 3.05) is 3.71 Å². The Hall–Kier alpha value is 0.350. The molecule has 0 saturated carbocycles. The zero-order valence-electron chi connectivity index (χ0n) is 5.41. The number of hydrogen-bond donors (Lipinski definition) is 2. The van der Waals surface area contributed by atoms with Crippen molar-refractivity contribution in [1.82, 2.24) is 4.98 Å². The normalized spacial score (nSPS) is 9.64. The summed E-state index contributed by atoms with van der Waals surface area (Å²) in [5.41, 5.74) is 0. The molecular weight excluding hydrogens is 216 g/mol. The third kappa shape index (κ3) is 2.70. The van der Waals surface area contributed by atoms with Gasteiger partial charge in [-0.15, -0.1) is 0 Å². The summed E-state index contributed by atoms with van der Waals surface area (Å²) in [6.07, 6.45) is 1.73. The molecule has 2 nitrogen and oxygen atoms in total. The van der Waals surface area contributed by atoms with Gasteiger partial charge in [-0.3, -0.25) is 0 Å². The van der Waals surface area contributed by atoms with E-state index < -0.39 is 0 Å². The monoisotopic (exact) mass is 222 g/mol. The van der Waals surface area contributed by atoms with Crippen LogP contribution >= 0.6 is 45.3 Å². The molecule has 1 aromatic heterocycles. The molecule has 11 heavy (non-hydrogen) atoms. The van der Waals surface area contributed by atoms with Crippen molar-refractivity contribution in [2.24, 2.45) is 0 Å². The second kappa shape index (κ2) is 5.08. The summed E-state index contributed by atoms with van der Waals surface area (Å²) >= 11 is 8.08. The summed E-state index contributed by atoms with van der Waals surface area (Å²) in [7, 11) is 2.55. The van der Waals surface area contributed by atoms with E-state index in [-0.39, 0.29) is 0 Å². The Morgan fingerprint density at radius 3 is 2.45 bits per heavy atom. The average molecular weight is 222 g/mol. The molecule has 1 aromatic rings. The lowest BCUT2D eigenvalue weighted by molar-refractivity contribution is 1.31. The van der Waals surface area contributed by atoms with E-state index >= 15 is 0 Å². The highest BCUT2D eigenvalue weighted by Crippen LogP contribution is 2.31. The summed E-state index contributed by atoms with van der Waals surface area (Å²) in [6, 6.07) is 5.68. The summed E-state index contributed by atoms with van der Waals surface area (Å²) < 4.78 is 1.78. The molecule has 6 heteroatoms. The van der Waals surface area contributed by atoms with Crippen LogP contribution in [0.5, 0.6) is 0 Å². The van der Waals surface area contributed by atoms with E-state index in [1.165, 1.54) is 22.0 Å². The molecule has 0 aliphatic heterocycles. The number of nitrogens with zero attached hydrogens (tertiary/aromatic N) is 2. The van der Waals surface area contributed by atoms with Gasteiger partial charge in [0.15, 0.2) is 0 Å². The van der Waals surface area contributed by atoms with Crippen molar-refractivity contribution in [3.05, 3.63) is 24.4 Å². The van der Waals surface area contributed by atoms with Crippen LogP contribution in [0.15, 0.2) is 24.4 Å². The zero-order valence-corrected chi connectivity index (χ0v) is 8.84. The predicted molar refractivity (Wildman–Crippen MR) is 59.9 cm³/mol. The Bertz CT molecular complexity index is 201. The van der Waals surface area contributed by atoms with Gasteiger partial charge in [0, 0.05) is 28.2 Å². The maximum absolute atomic E-state index is 4.11. The molecule has 0 bridgehead atoms. The second-order valence-corrected chi connectivity index (χ2v) is 3.88. The fraction of sp³-hybridized carbons (Fsp3) is 0. The molecule has 0 spiro atoms. The summed E-state index contributed by atoms with van der Waals surface area (Å²) in [5.74, 6) is 0.840. The van der Waals surface area contributed by atoms with Gasteiger partial charge in [0.05, 0.1) is 0 Å². The van der Waals surface area contributed by atoms with Gasteiger partial charge in [-0.05, 0) is 12.1 Å². The van der Waals surface area contributed by atoms with Gasteiger partial charge < -0.3 is 0 Å². The van der Waals surface area contributed by atoms with Gasteiger partial charge in [-0.1, -0.05) is 29.4 Å². The lowest BCUT2D eigenvalue weighted by Crippen LogP contribution is -1.99.